The van der Waals surface area contributed by atoms with Crippen molar-refractivity contribution in [3.8, 4) is 0 Å². The highest BCUT2D eigenvalue weighted by Gasteiger charge is 2.24. The van der Waals surface area contributed by atoms with Crippen molar-refractivity contribution in [3.05, 3.63) is 80.1 Å². The van der Waals surface area contributed by atoms with E-state index in [2.05, 4.69) is 10.3 Å². The zero-order valence-corrected chi connectivity index (χ0v) is 19.3. The molecule has 0 aliphatic carbocycles. The third-order valence-corrected chi connectivity index (χ3v) is 5.48. The average molecular weight is 595 g/mol. The molecule has 33 heavy (non-hydrogen) atoms. The Morgan fingerprint density at radius 2 is 1.73 bits per heavy atom. The van der Waals surface area contributed by atoms with Crippen LogP contribution in [0.4, 0.5) is 34.8 Å². The first-order chi connectivity index (χ1) is 15.4. The molecule has 0 saturated heterocycles. The Labute approximate surface area is 198 Å². The van der Waals surface area contributed by atoms with Crippen LogP contribution in [-0.4, -0.2) is 19.3 Å². The van der Waals surface area contributed by atoms with Crippen LogP contribution < -0.4 is 20.9 Å². The van der Waals surface area contributed by atoms with Gasteiger partial charge in [-0.2, -0.15) is 8.42 Å². The summed E-state index contributed by atoms with van der Waals surface area (Å²) in [5.41, 5.74) is 3.10. The number of anilines is 3. The van der Waals surface area contributed by atoms with E-state index in [-0.39, 0.29) is 11.3 Å². The van der Waals surface area contributed by atoms with Crippen molar-refractivity contribution in [2.45, 2.75) is 6.42 Å². The quantitative estimate of drug-likeness (QED) is 0.245. The Bertz CT molecular complexity index is 1370. The fourth-order valence-electron chi connectivity index (χ4n) is 2.88. The van der Waals surface area contributed by atoms with E-state index >= 15 is 0 Å². The molecule has 0 aliphatic heterocycles. The van der Waals surface area contributed by atoms with Crippen molar-refractivity contribution < 1.29 is 30.8 Å². The SMILES string of the molecule is NC(=O)c1cc(Cc2ccnc(NS(N)(=O)=O)c2F)c(F)c(F)c1Nc1ccc(I)cc1F. The summed E-state index contributed by atoms with van der Waals surface area (Å²) in [7, 11) is -4.35. The highest BCUT2D eigenvalue weighted by molar-refractivity contribution is 14.1. The summed E-state index contributed by atoms with van der Waals surface area (Å²) in [6.45, 7) is 0. The second-order valence-corrected chi connectivity index (χ2v) is 9.20. The molecule has 14 heteroatoms. The Hall–Kier alpha value is -2.98. The number of nitrogens with zero attached hydrogens (tertiary/aromatic N) is 1. The minimum atomic E-state index is -4.35. The van der Waals surface area contributed by atoms with Crippen molar-refractivity contribution in [1.82, 2.24) is 4.98 Å². The van der Waals surface area contributed by atoms with E-state index in [0.717, 1.165) is 24.4 Å². The minimum Gasteiger partial charge on any atom is -0.366 e. The molecule has 0 atom stereocenters. The van der Waals surface area contributed by atoms with Crippen LogP contribution in [0.25, 0.3) is 0 Å². The fourth-order valence-corrected chi connectivity index (χ4v) is 3.75. The van der Waals surface area contributed by atoms with Gasteiger partial charge in [0.2, 0.25) is 0 Å². The van der Waals surface area contributed by atoms with Gasteiger partial charge in [0.25, 0.3) is 16.1 Å². The number of carbonyl (C=O) groups is 1. The number of aromatic nitrogens is 1. The maximum atomic E-state index is 14.9. The molecule has 6 N–H and O–H groups in total. The van der Waals surface area contributed by atoms with Crippen molar-refractivity contribution in [1.29, 1.82) is 0 Å². The number of hydrogen-bond donors (Lipinski definition) is 4. The zero-order chi connectivity index (χ0) is 24.5. The van der Waals surface area contributed by atoms with E-state index in [1.807, 2.05) is 22.6 Å². The van der Waals surface area contributed by atoms with Crippen molar-refractivity contribution in [2.75, 3.05) is 10.0 Å². The Morgan fingerprint density at radius 1 is 1.03 bits per heavy atom. The van der Waals surface area contributed by atoms with E-state index in [1.54, 1.807) is 4.72 Å². The van der Waals surface area contributed by atoms with E-state index in [1.165, 1.54) is 12.1 Å². The maximum Gasteiger partial charge on any atom is 0.297 e. The smallest absolute Gasteiger partial charge is 0.297 e. The van der Waals surface area contributed by atoms with Gasteiger partial charge >= 0.3 is 0 Å². The predicted octanol–water partition coefficient (Wildman–Crippen LogP) is 3.29. The highest BCUT2D eigenvalue weighted by Crippen LogP contribution is 2.31. The third kappa shape index (κ3) is 5.69. The van der Waals surface area contributed by atoms with Gasteiger partial charge < -0.3 is 11.1 Å². The van der Waals surface area contributed by atoms with Gasteiger partial charge in [-0.05, 0) is 64.0 Å². The zero-order valence-electron chi connectivity index (χ0n) is 16.3. The molecule has 0 aliphatic rings. The van der Waals surface area contributed by atoms with Crippen LogP contribution in [0, 0.1) is 26.8 Å². The number of rotatable bonds is 7. The van der Waals surface area contributed by atoms with Crippen LogP contribution in [0.1, 0.15) is 21.5 Å². The molecule has 0 fully saturated rings. The molecular weight excluding hydrogens is 581 g/mol. The van der Waals surface area contributed by atoms with Crippen LogP contribution in [-0.2, 0) is 16.6 Å². The number of hydrogen-bond acceptors (Lipinski definition) is 5. The highest BCUT2D eigenvalue weighted by atomic mass is 127. The third-order valence-electron chi connectivity index (χ3n) is 4.33. The molecule has 1 heterocycles. The molecule has 3 aromatic rings. The van der Waals surface area contributed by atoms with E-state index in [4.69, 9.17) is 10.9 Å². The van der Waals surface area contributed by atoms with Gasteiger partial charge in [-0.25, -0.2) is 27.7 Å². The summed E-state index contributed by atoms with van der Waals surface area (Å²) >= 11 is 1.85. The van der Waals surface area contributed by atoms with Crippen LogP contribution >= 0.6 is 22.6 Å². The van der Waals surface area contributed by atoms with Gasteiger partial charge in [-0.15, -0.1) is 0 Å². The van der Waals surface area contributed by atoms with Gasteiger partial charge in [0.15, 0.2) is 23.3 Å². The largest absolute Gasteiger partial charge is 0.366 e. The number of primary amides is 1. The van der Waals surface area contributed by atoms with Crippen LogP contribution in [0.15, 0.2) is 36.5 Å². The van der Waals surface area contributed by atoms with Gasteiger partial charge in [-0.3, -0.25) is 9.52 Å². The first kappa shape index (κ1) is 24.7. The average Bonchev–Trinajstić information content (AvgIpc) is 2.70. The number of nitrogens with one attached hydrogen (secondary N) is 2. The first-order valence-corrected chi connectivity index (χ1v) is 11.5. The Balaban J connectivity index is 2.05. The van der Waals surface area contributed by atoms with Crippen LogP contribution in [0.5, 0.6) is 0 Å². The van der Waals surface area contributed by atoms with Crippen LogP contribution in [0.2, 0.25) is 0 Å². The summed E-state index contributed by atoms with van der Waals surface area (Å²) in [6.07, 6.45) is 0.416. The molecule has 0 bridgehead atoms. The van der Waals surface area contributed by atoms with Crippen molar-refractivity contribution in [3.63, 3.8) is 0 Å². The summed E-state index contributed by atoms with van der Waals surface area (Å²) in [6, 6.07) is 5.88. The lowest BCUT2D eigenvalue weighted by Crippen LogP contribution is -2.23. The summed E-state index contributed by atoms with van der Waals surface area (Å²) in [5, 5.41) is 7.12. The number of amides is 1. The number of halogens is 5. The van der Waals surface area contributed by atoms with Gasteiger partial charge in [0.1, 0.15) is 5.82 Å². The predicted molar refractivity (Wildman–Crippen MR) is 121 cm³/mol. The number of nitrogens with two attached hydrogens (primary N) is 2. The summed E-state index contributed by atoms with van der Waals surface area (Å²) < 4.78 is 83.0. The molecule has 1 amide bonds. The van der Waals surface area contributed by atoms with Crippen molar-refractivity contribution >= 4 is 55.9 Å². The first-order valence-electron chi connectivity index (χ1n) is 8.84. The van der Waals surface area contributed by atoms with Gasteiger partial charge in [-0.1, -0.05) is 0 Å². The van der Waals surface area contributed by atoms with E-state index in [9.17, 15) is 30.8 Å². The van der Waals surface area contributed by atoms with E-state index < -0.39 is 68.4 Å². The monoisotopic (exact) mass is 595 g/mol. The normalized spacial score (nSPS) is 11.3. The van der Waals surface area contributed by atoms with Gasteiger partial charge in [0.05, 0.1) is 16.9 Å². The second kappa shape index (κ2) is 9.48. The number of pyridine rings is 1. The summed E-state index contributed by atoms with van der Waals surface area (Å²) in [5.74, 6) is -6.87. The van der Waals surface area contributed by atoms with Crippen molar-refractivity contribution in [2.24, 2.45) is 10.9 Å². The van der Waals surface area contributed by atoms with E-state index in [0.29, 0.717) is 3.57 Å². The molecule has 0 radical (unpaired) electrons. The maximum absolute atomic E-state index is 14.9. The molecule has 8 nitrogen and oxygen atoms in total. The lowest BCUT2D eigenvalue weighted by molar-refractivity contribution is 0.100. The minimum absolute atomic E-state index is 0.233. The lowest BCUT2D eigenvalue weighted by Gasteiger charge is -2.16. The fraction of sp³-hybridized carbons (Fsp3) is 0.0526. The number of carbonyl (C=O) groups excluding carboxylic acids is 1. The van der Waals surface area contributed by atoms with Crippen LogP contribution in [0.3, 0.4) is 0 Å². The number of benzene rings is 2. The molecule has 0 unspecified atom stereocenters. The molecule has 3 rings (SSSR count). The molecule has 0 spiro atoms. The molecule has 2 aromatic carbocycles. The molecule has 1 aromatic heterocycles. The molecule has 0 saturated carbocycles. The molecule has 174 valence electrons. The standard InChI is InChI=1S/C19H14F4IN5O3S/c20-12-7-10(24)1-2-13(12)28-17-11(18(25)30)6-9(14(21)16(17)23)5-8-3-4-27-19(15(8)22)29-33(26,31)32/h1-4,6-7,28H,5H2,(H2,25,30)(H,27,29)(H2,26,31,32). The lowest BCUT2D eigenvalue weighted by atomic mass is 10.00. The Morgan fingerprint density at radius 3 is 2.33 bits per heavy atom. The Kier molecular flexibility index (Phi) is 7.08. The second-order valence-electron chi connectivity index (χ2n) is 6.66. The molecular formula is C19H14F4IN5O3S. The van der Waals surface area contributed by atoms with Gasteiger partial charge in [0, 0.05) is 16.2 Å². The topological polar surface area (TPSA) is 140 Å². The summed E-state index contributed by atoms with van der Waals surface area (Å²) in [4.78, 5) is 15.4.